The number of halogens is 4. The third-order valence-corrected chi connectivity index (χ3v) is 4.59. The van der Waals surface area contributed by atoms with Crippen LogP contribution in [0.4, 0.5) is 13.2 Å². The number of fused-ring (bicyclic) bond motifs is 3. The van der Waals surface area contributed by atoms with Crippen molar-refractivity contribution in [2.75, 3.05) is 0 Å². The summed E-state index contributed by atoms with van der Waals surface area (Å²) in [6.07, 6.45) is -4.41. The van der Waals surface area contributed by atoms with E-state index in [2.05, 4.69) is 21.1 Å². The highest BCUT2D eigenvalue weighted by Crippen LogP contribution is 2.31. The Balaban J connectivity index is 0.00000196. The van der Waals surface area contributed by atoms with Gasteiger partial charge in [0.05, 0.1) is 5.56 Å². The molecule has 0 aliphatic carbocycles. The van der Waals surface area contributed by atoms with Gasteiger partial charge in [0.15, 0.2) is 11.2 Å². The van der Waals surface area contributed by atoms with Crippen molar-refractivity contribution >= 4 is 32.3 Å². The van der Waals surface area contributed by atoms with Crippen LogP contribution in [0, 0.1) is 0 Å². The summed E-state index contributed by atoms with van der Waals surface area (Å²) in [5.41, 5.74) is 0.765. The van der Waals surface area contributed by atoms with Crippen LogP contribution in [0.15, 0.2) is 59.1 Å². The number of nitrogens with zero attached hydrogens (tertiary/aromatic N) is 3. The number of alkyl halides is 3. The van der Waals surface area contributed by atoms with Gasteiger partial charge < -0.3 is 10.6 Å². The van der Waals surface area contributed by atoms with Gasteiger partial charge in [-0.2, -0.15) is 13.2 Å². The molecule has 0 unspecified atom stereocenters. The van der Waals surface area contributed by atoms with Crippen molar-refractivity contribution in [3.05, 3.63) is 64.6 Å². The number of benzene rings is 2. The van der Waals surface area contributed by atoms with Gasteiger partial charge >= 0.3 is 12.1 Å². The highest BCUT2D eigenvalue weighted by Gasteiger charge is 2.31. The maximum absolute atomic E-state index is 12.7. The summed E-state index contributed by atoms with van der Waals surface area (Å²) in [7, 11) is 0. The normalized spacial score (nSPS) is 11.7. The van der Waals surface area contributed by atoms with E-state index in [4.69, 9.17) is 0 Å². The summed E-state index contributed by atoms with van der Waals surface area (Å²) in [6, 6.07) is 13.6. The van der Waals surface area contributed by atoms with Crippen LogP contribution in [-0.2, 0) is 6.18 Å². The van der Waals surface area contributed by atoms with Crippen molar-refractivity contribution in [3.63, 3.8) is 0 Å². The number of hydrogen-bond acceptors (Lipinski definition) is 3. The molecule has 0 amide bonds. The van der Waals surface area contributed by atoms with Crippen LogP contribution in [0.3, 0.4) is 0 Å². The molecule has 134 valence electrons. The van der Waals surface area contributed by atoms with Crippen LogP contribution in [0.25, 0.3) is 22.1 Å². The Morgan fingerprint density at radius 2 is 1.65 bits per heavy atom. The molecular weight excluding hydrogens is 415 g/mol. The van der Waals surface area contributed by atoms with Crippen LogP contribution in [0.2, 0.25) is 0 Å². The SMILES string of the molecule is Oc1c2cc(Br)c3ccccc3[n+]2nn1-c1ccc(C(F)(F)F)cc1.[OH-]. The Morgan fingerprint density at radius 1 is 1.00 bits per heavy atom. The molecule has 0 fully saturated rings. The predicted octanol–water partition coefficient (Wildman–Crippen LogP) is 4.07. The Bertz CT molecular complexity index is 1110. The molecule has 4 aromatic rings. The van der Waals surface area contributed by atoms with E-state index >= 15 is 0 Å². The first-order valence-electron chi connectivity index (χ1n) is 7.25. The Morgan fingerprint density at radius 3 is 2.31 bits per heavy atom. The zero-order valence-electron chi connectivity index (χ0n) is 12.9. The van der Waals surface area contributed by atoms with E-state index in [0.29, 0.717) is 11.2 Å². The van der Waals surface area contributed by atoms with Crippen LogP contribution in [0.5, 0.6) is 5.88 Å². The molecule has 2 aromatic carbocycles. The molecular formula is C17H11BrF3N3O2. The van der Waals surface area contributed by atoms with Gasteiger partial charge in [-0.3, -0.25) is 0 Å². The number of aromatic hydroxyl groups is 1. The lowest BCUT2D eigenvalue weighted by atomic mass is 10.2. The van der Waals surface area contributed by atoms with Crippen LogP contribution < -0.4 is 4.52 Å². The summed E-state index contributed by atoms with van der Waals surface area (Å²) >= 11 is 3.46. The van der Waals surface area contributed by atoms with Crippen molar-refractivity contribution in [1.82, 2.24) is 9.90 Å². The van der Waals surface area contributed by atoms with Gasteiger partial charge in [0.25, 0.3) is 0 Å². The van der Waals surface area contributed by atoms with E-state index in [1.54, 1.807) is 10.6 Å². The zero-order valence-corrected chi connectivity index (χ0v) is 14.5. The molecule has 0 atom stereocenters. The molecule has 4 rings (SSSR count). The molecule has 0 aliphatic heterocycles. The van der Waals surface area contributed by atoms with E-state index < -0.39 is 11.7 Å². The van der Waals surface area contributed by atoms with Crippen molar-refractivity contribution < 1.29 is 28.3 Å². The van der Waals surface area contributed by atoms with E-state index in [1.165, 1.54) is 16.8 Å². The Labute approximate surface area is 153 Å². The lowest BCUT2D eigenvalue weighted by Crippen LogP contribution is -2.25. The fourth-order valence-electron chi connectivity index (χ4n) is 2.71. The van der Waals surface area contributed by atoms with Gasteiger partial charge in [-0.15, -0.1) is 0 Å². The lowest BCUT2D eigenvalue weighted by molar-refractivity contribution is -0.555. The van der Waals surface area contributed by atoms with Crippen LogP contribution >= 0.6 is 15.9 Å². The maximum Gasteiger partial charge on any atom is 0.416 e. The highest BCUT2D eigenvalue weighted by molar-refractivity contribution is 9.10. The molecule has 0 bridgehead atoms. The second-order valence-electron chi connectivity index (χ2n) is 5.48. The van der Waals surface area contributed by atoms with Crippen molar-refractivity contribution in [2.45, 2.75) is 6.18 Å². The molecule has 2 N–H and O–H groups in total. The molecule has 0 spiro atoms. The second-order valence-corrected chi connectivity index (χ2v) is 6.33. The molecule has 2 aromatic heterocycles. The Kier molecular flexibility index (Phi) is 4.37. The first-order valence-corrected chi connectivity index (χ1v) is 8.04. The summed E-state index contributed by atoms with van der Waals surface area (Å²) in [5.74, 6) is -0.161. The monoisotopic (exact) mass is 425 g/mol. The Hall–Kier alpha value is -2.65. The van der Waals surface area contributed by atoms with Gasteiger partial charge in [0.1, 0.15) is 5.21 Å². The first kappa shape index (κ1) is 18.2. The number of pyridine rings is 1. The fraction of sp³-hybridized carbons (Fsp3) is 0.0588. The summed E-state index contributed by atoms with van der Waals surface area (Å²) in [6.45, 7) is 0. The standard InChI is InChI=1S/C17H9BrF3N3O.H2O/c18-13-9-15-16(25)23(11-7-5-10(6-8-11)17(19,20)21)22-24(15)14-4-2-1-3-12(13)14;/h1-9H;1H2. The second kappa shape index (κ2) is 6.26. The van der Waals surface area contributed by atoms with E-state index in [0.717, 1.165) is 27.5 Å². The largest absolute Gasteiger partial charge is 0.870 e. The topological polar surface area (TPSA) is 72.2 Å². The molecule has 26 heavy (non-hydrogen) atoms. The average molecular weight is 426 g/mol. The summed E-state index contributed by atoms with van der Waals surface area (Å²) in [4.78, 5) is 0. The summed E-state index contributed by atoms with van der Waals surface area (Å²) < 4.78 is 41.7. The van der Waals surface area contributed by atoms with Gasteiger partial charge in [-0.1, -0.05) is 21.3 Å². The molecule has 0 saturated carbocycles. The lowest BCUT2D eigenvalue weighted by Gasteiger charge is -2.05. The third-order valence-electron chi connectivity index (χ3n) is 3.93. The van der Waals surface area contributed by atoms with E-state index in [1.807, 2.05) is 24.3 Å². The quantitative estimate of drug-likeness (QED) is 0.467. The van der Waals surface area contributed by atoms with Gasteiger partial charge in [0, 0.05) is 15.9 Å². The van der Waals surface area contributed by atoms with Gasteiger partial charge in [-0.25, -0.2) is 0 Å². The number of aromatic nitrogens is 3. The van der Waals surface area contributed by atoms with Crippen LogP contribution in [0.1, 0.15) is 5.56 Å². The van der Waals surface area contributed by atoms with Crippen molar-refractivity contribution in [2.24, 2.45) is 0 Å². The number of rotatable bonds is 1. The smallest absolute Gasteiger partial charge is 0.416 e. The number of hydrogen-bond donors (Lipinski definition) is 1. The molecule has 9 heteroatoms. The minimum Gasteiger partial charge on any atom is -0.870 e. The minimum absolute atomic E-state index is 0. The molecule has 0 aliphatic rings. The average Bonchev–Trinajstić information content (AvgIpc) is 2.92. The molecule has 0 saturated heterocycles. The fourth-order valence-corrected chi connectivity index (χ4v) is 3.26. The van der Waals surface area contributed by atoms with Crippen molar-refractivity contribution in [1.29, 1.82) is 0 Å². The first-order chi connectivity index (χ1) is 11.9. The summed E-state index contributed by atoms with van der Waals surface area (Å²) in [5, 5.41) is 15.7. The molecule has 2 heterocycles. The third kappa shape index (κ3) is 2.78. The highest BCUT2D eigenvalue weighted by atomic mass is 79.9. The van der Waals surface area contributed by atoms with Gasteiger partial charge in [0.2, 0.25) is 5.52 Å². The van der Waals surface area contributed by atoms with Crippen LogP contribution in [-0.4, -0.2) is 20.5 Å². The van der Waals surface area contributed by atoms with Gasteiger partial charge in [-0.05, 0) is 52.3 Å². The predicted molar refractivity (Wildman–Crippen MR) is 90.5 cm³/mol. The number of para-hydroxylation sites is 1. The van der Waals surface area contributed by atoms with Crippen molar-refractivity contribution in [3.8, 4) is 11.6 Å². The van der Waals surface area contributed by atoms with E-state index in [9.17, 15) is 18.3 Å². The molecule has 5 nitrogen and oxygen atoms in total. The zero-order chi connectivity index (χ0) is 17.8. The molecule has 0 radical (unpaired) electrons. The van der Waals surface area contributed by atoms with E-state index in [-0.39, 0.29) is 11.4 Å². The minimum atomic E-state index is -4.41. The maximum atomic E-state index is 12.7.